The van der Waals surface area contributed by atoms with E-state index in [2.05, 4.69) is 27.7 Å². The largest absolute Gasteiger partial charge is 0.325 e. The van der Waals surface area contributed by atoms with Crippen LogP contribution in [0.25, 0.3) is 0 Å². The Kier molecular flexibility index (Phi) is 5.50. The van der Waals surface area contributed by atoms with E-state index in [0.29, 0.717) is 10.8 Å². The molecule has 1 nitrogen and oxygen atoms in total. The summed E-state index contributed by atoms with van der Waals surface area (Å²) in [5, 5.41) is 0. The molecule has 0 spiro atoms. The molecular formula is C26H47N. The van der Waals surface area contributed by atoms with Gasteiger partial charge in [0.15, 0.2) is 0 Å². The molecule has 0 heterocycles. The number of hydrogen-bond acceptors (Lipinski definition) is 1. The Morgan fingerprint density at radius 2 is 1.63 bits per heavy atom. The summed E-state index contributed by atoms with van der Waals surface area (Å²) in [6.07, 6.45) is 20.1. The van der Waals surface area contributed by atoms with E-state index >= 15 is 0 Å². The third-order valence-corrected chi connectivity index (χ3v) is 10.8. The minimum absolute atomic E-state index is 0.135. The zero-order chi connectivity index (χ0) is 19.3. The summed E-state index contributed by atoms with van der Waals surface area (Å²) in [7, 11) is 0. The van der Waals surface area contributed by atoms with Crippen molar-refractivity contribution in [3.63, 3.8) is 0 Å². The zero-order valence-electron chi connectivity index (χ0n) is 18.9. The van der Waals surface area contributed by atoms with E-state index in [1.165, 1.54) is 89.9 Å². The van der Waals surface area contributed by atoms with Gasteiger partial charge in [-0.3, -0.25) is 0 Å². The fraction of sp³-hybridized carbons (Fsp3) is 1.00. The molecule has 4 aliphatic carbocycles. The molecule has 6 unspecified atom stereocenters. The first kappa shape index (κ1) is 20.2. The van der Waals surface area contributed by atoms with Crippen molar-refractivity contribution in [2.75, 3.05) is 0 Å². The zero-order valence-corrected chi connectivity index (χ0v) is 18.9. The van der Waals surface area contributed by atoms with Gasteiger partial charge in [-0.05, 0) is 91.8 Å². The molecule has 0 bridgehead atoms. The van der Waals surface area contributed by atoms with Gasteiger partial charge in [-0.15, -0.1) is 0 Å². The molecule has 4 fully saturated rings. The normalized spacial score (nSPS) is 52.1. The van der Waals surface area contributed by atoms with Gasteiger partial charge in [0.2, 0.25) is 0 Å². The average molecular weight is 374 g/mol. The summed E-state index contributed by atoms with van der Waals surface area (Å²) in [6, 6.07) is 0. The van der Waals surface area contributed by atoms with Crippen LogP contribution in [0.2, 0.25) is 0 Å². The second kappa shape index (κ2) is 7.33. The molecule has 0 aliphatic heterocycles. The van der Waals surface area contributed by atoms with Crippen molar-refractivity contribution < 1.29 is 0 Å². The van der Waals surface area contributed by atoms with Crippen molar-refractivity contribution in [1.29, 1.82) is 0 Å². The summed E-state index contributed by atoms with van der Waals surface area (Å²) < 4.78 is 0. The first-order valence-corrected chi connectivity index (χ1v) is 12.7. The van der Waals surface area contributed by atoms with Crippen LogP contribution in [0, 0.1) is 40.4 Å². The highest BCUT2D eigenvalue weighted by molar-refractivity contribution is 5.19. The molecule has 0 amide bonds. The summed E-state index contributed by atoms with van der Waals surface area (Å²) in [6.45, 7) is 10.1. The van der Waals surface area contributed by atoms with E-state index in [1.54, 1.807) is 0 Å². The van der Waals surface area contributed by atoms with Gasteiger partial charge in [0.05, 0.1) is 0 Å². The predicted octanol–water partition coefficient (Wildman–Crippen LogP) is 7.33. The van der Waals surface area contributed by atoms with Gasteiger partial charge >= 0.3 is 0 Å². The van der Waals surface area contributed by atoms with Crippen LogP contribution in [-0.4, -0.2) is 5.54 Å². The van der Waals surface area contributed by atoms with E-state index in [0.717, 1.165) is 29.6 Å². The monoisotopic (exact) mass is 373 g/mol. The van der Waals surface area contributed by atoms with E-state index < -0.39 is 0 Å². The maximum absolute atomic E-state index is 7.61. The minimum Gasteiger partial charge on any atom is -0.325 e. The van der Waals surface area contributed by atoms with E-state index in [-0.39, 0.29) is 5.54 Å². The topological polar surface area (TPSA) is 26.0 Å². The van der Waals surface area contributed by atoms with Crippen LogP contribution in [0.5, 0.6) is 0 Å². The molecule has 0 saturated heterocycles. The van der Waals surface area contributed by atoms with Crippen molar-refractivity contribution in [2.45, 2.75) is 123 Å². The third-order valence-electron chi connectivity index (χ3n) is 10.8. The summed E-state index contributed by atoms with van der Waals surface area (Å²) in [5.41, 5.74) is 8.82. The smallest absolute Gasteiger partial charge is 0.0224 e. The van der Waals surface area contributed by atoms with Crippen LogP contribution in [0.4, 0.5) is 0 Å². The fourth-order valence-electron chi connectivity index (χ4n) is 9.50. The van der Waals surface area contributed by atoms with Gasteiger partial charge in [0.1, 0.15) is 0 Å². The highest BCUT2D eigenvalue weighted by atomic mass is 14.9. The Labute approximate surface area is 169 Å². The van der Waals surface area contributed by atoms with Gasteiger partial charge in [-0.2, -0.15) is 0 Å². The van der Waals surface area contributed by atoms with E-state index in [4.69, 9.17) is 5.73 Å². The molecule has 0 aromatic carbocycles. The van der Waals surface area contributed by atoms with Gasteiger partial charge in [-0.25, -0.2) is 0 Å². The fourth-order valence-corrected chi connectivity index (χ4v) is 9.50. The van der Waals surface area contributed by atoms with Crippen molar-refractivity contribution in [3.8, 4) is 0 Å². The van der Waals surface area contributed by atoms with Crippen molar-refractivity contribution in [2.24, 2.45) is 46.2 Å². The molecule has 8 atom stereocenters. The van der Waals surface area contributed by atoms with Crippen molar-refractivity contribution in [1.82, 2.24) is 0 Å². The molecule has 156 valence electrons. The lowest BCUT2D eigenvalue weighted by atomic mass is 9.40. The van der Waals surface area contributed by atoms with Crippen LogP contribution in [0.1, 0.15) is 118 Å². The molecule has 0 aromatic heterocycles. The van der Waals surface area contributed by atoms with E-state index in [9.17, 15) is 0 Å². The number of rotatable bonds is 5. The third kappa shape index (κ3) is 2.96. The molecular weight excluding hydrogens is 326 g/mol. The highest BCUT2D eigenvalue weighted by Gasteiger charge is 2.66. The standard InChI is InChI=1S/C26H47N/c1-5-7-8-11-20-13-14-22-24(20,3)17-15-23-25(4)16-10-9-12-21(25)19(6-2)18-26(22,23)27/h19-23H,5-18,27H2,1-4H3/t19-,20?,21?,22?,23+,24?,25?,26?/m0/s1. The van der Waals surface area contributed by atoms with Crippen LogP contribution >= 0.6 is 0 Å². The van der Waals surface area contributed by atoms with E-state index in [1.807, 2.05) is 0 Å². The SMILES string of the molecule is CCCCCC1CCC2C1(C)CC[C@@H]1C3(C)CCCCC3[C@@H](CC)CC21N. The molecule has 2 N–H and O–H groups in total. The lowest BCUT2D eigenvalue weighted by Crippen LogP contribution is -2.69. The first-order chi connectivity index (χ1) is 12.9. The molecule has 1 heteroatoms. The number of nitrogens with two attached hydrogens (primary N) is 1. The van der Waals surface area contributed by atoms with Gasteiger partial charge in [0, 0.05) is 5.54 Å². The quantitative estimate of drug-likeness (QED) is 0.501. The Morgan fingerprint density at radius 3 is 2.37 bits per heavy atom. The Morgan fingerprint density at radius 1 is 0.852 bits per heavy atom. The molecule has 0 aromatic rings. The Hall–Kier alpha value is -0.0400. The van der Waals surface area contributed by atoms with Gasteiger partial charge in [-0.1, -0.05) is 66.2 Å². The van der Waals surface area contributed by atoms with Crippen molar-refractivity contribution >= 4 is 0 Å². The second-order valence-corrected chi connectivity index (χ2v) is 11.8. The number of unbranched alkanes of at least 4 members (excludes halogenated alkanes) is 2. The predicted molar refractivity (Wildman–Crippen MR) is 117 cm³/mol. The van der Waals surface area contributed by atoms with Gasteiger partial charge in [0.25, 0.3) is 0 Å². The van der Waals surface area contributed by atoms with Gasteiger partial charge < -0.3 is 5.73 Å². The highest BCUT2D eigenvalue weighted by Crippen LogP contribution is 2.69. The molecule has 4 saturated carbocycles. The van der Waals surface area contributed by atoms with Crippen LogP contribution in [0.3, 0.4) is 0 Å². The Balaban J connectivity index is 1.62. The first-order valence-electron chi connectivity index (χ1n) is 12.7. The minimum atomic E-state index is 0.135. The number of hydrogen-bond donors (Lipinski definition) is 1. The lowest BCUT2D eigenvalue weighted by Gasteiger charge is -2.67. The lowest BCUT2D eigenvalue weighted by molar-refractivity contribution is -0.149. The molecule has 27 heavy (non-hydrogen) atoms. The number of fused-ring (bicyclic) bond motifs is 5. The summed E-state index contributed by atoms with van der Waals surface area (Å²) >= 11 is 0. The molecule has 4 aliphatic rings. The summed E-state index contributed by atoms with van der Waals surface area (Å²) in [4.78, 5) is 0. The second-order valence-electron chi connectivity index (χ2n) is 11.8. The van der Waals surface area contributed by atoms with Crippen LogP contribution in [0.15, 0.2) is 0 Å². The maximum atomic E-state index is 7.61. The Bertz CT molecular complexity index is 528. The van der Waals surface area contributed by atoms with Crippen LogP contribution in [-0.2, 0) is 0 Å². The van der Waals surface area contributed by atoms with Crippen molar-refractivity contribution in [3.05, 3.63) is 0 Å². The average Bonchev–Trinajstić information content (AvgIpc) is 2.98. The molecule has 0 radical (unpaired) electrons. The maximum Gasteiger partial charge on any atom is 0.0224 e. The molecule has 4 rings (SSSR count). The summed E-state index contributed by atoms with van der Waals surface area (Å²) in [5.74, 6) is 4.39. The van der Waals surface area contributed by atoms with Crippen LogP contribution < -0.4 is 5.73 Å².